The minimum absolute atomic E-state index is 0.0623. The summed E-state index contributed by atoms with van der Waals surface area (Å²) in [4.78, 5) is 36.0. The molecule has 6 nitrogen and oxygen atoms in total. The third-order valence-electron chi connectivity index (χ3n) is 2.44. The lowest BCUT2D eigenvalue weighted by molar-refractivity contribution is -0.159. The first-order valence-corrected chi connectivity index (χ1v) is 7.15. The van der Waals surface area contributed by atoms with Gasteiger partial charge in [0.25, 0.3) is 10.4 Å². The molecular formula is C14H16BrNO5. The third kappa shape index (κ3) is 4.29. The molecule has 0 unspecified atom stereocenters. The molecule has 0 aromatic heterocycles. The van der Waals surface area contributed by atoms with Crippen LogP contribution in [0.4, 0.5) is 0 Å². The van der Waals surface area contributed by atoms with E-state index in [1.165, 1.54) is 0 Å². The van der Waals surface area contributed by atoms with Crippen LogP contribution in [0.3, 0.4) is 0 Å². The molecule has 0 saturated carbocycles. The van der Waals surface area contributed by atoms with Gasteiger partial charge in [0.1, 0.15) is 0 Å². The van der Waals surface area contributed by atoms with Gasteiger partial charge in [-0.2, -0.15) is 0 Å². The van der Waals surface area contributed by atoms with E-state index in [0.29, 0.717) is 5.56 Å². The van der Waals surface area contributed by atoms with Crippen LogP contribution in [-0.4, -0.2) is 35.5 Å². The number of amides is 1. The maximum atomic E-state index is 12.1. The van der Waals surface area contributed by atoms with Gasteiger partial charge in [0.2, 0.25) is 0 Å². The van der Waals surface area contributed by atoms with Gasteiger partial charge in [-0.15, -0.1) is 0 Å². The van der Waals surface area contributed by atoms with Crippen LogP contribution >= 0.6 is 15.9 Å². The molecule has 1 aromatic rings. The Morgan fingerprint density at radius 1 is 1.05 bits per heavy atom. The Labute approximate surface area is 130 Å². The van der Waals surface area contributed by atoms with Crippen LogP contribution in [0, 0.1) is 0 Å². The van der Waals surface area contributed by atoms with Gasteiger partial charge in [0.05, 0.1) is 13.2 Å². The molecule has 21 heavy (non-hydrogen) atoms. The summed E-state index contributed by atoms with van der Waals surface area (Å²) in [6, 6.07) is 8.19. The van der Waals surface area contributed by atoms with E-state index in [-0.39, 0.29) is 13.2 Å². The number of nitrogens with one attached hydrogen (secondary N) is 1. The topological polar surface area (TPSA) is 81.7 Å². The maximum Gasteiger partial charge on any atom is 0.355 e. The highest BCUT2D eigenvalue weighted by Gasteiger charge is 2.48. The first-order valence-electron chi connectivity index (χ1n) is 6.36. The molecule has 0 aliphatic rings. The zero-order valence-corrected chi connectivity index (χ0v) is 13.3. The van der Waals surface area contributed by atoms with Crippen molar-refractivity contribution in [1.82, 2.24) is 5.32 Å². The van der Waals surface area contributed by atoms with E-state index >= 15 is 0 Å². The number of halogens is 1. The number of hydrogen-bond acceptors (Lipinski definition) is 5. The Balaban J connectivity index is 2.99. The van der Waals surface area contributed by atoms with Crippen LogP contribution in [0.1, 0.15) is 24.2 Å². The van der Waals surface area contributed by atoms with E-state index in [2.05, 4.69) is 21.2 Å². The largest absolute Gasteiger partial charge is 0.463 e. The molecule has 1 amide bonds. The summed E-state index contributed by atoms with van der Waals surface area (Å²) < 4.78 is 7.56. The lowest BCUT2D eigenvalue weighted by Crippen LogP contribution is -2.57. The number of esters is 2. The molecule has 1 N–H and O–H groups in total. The van der Waals surface area contributed by atoms with Gasteiger partial charge in [-0.3, -0.25) is 4.79 Å². The highest BCUT2D eigenvalue weighted by Crippen LogP contribution is 2.20. The van der Waals surface area contributed by atoms with Gasteiger partial charge in [0, 0.05) is 5.56 Å². The van der Waals surface area contributed by atoms with Crippen molar-refractivity contribution in [2.75, 3.05) is 13.2 Å². The fourth-order valence-corrected chi connectivity index (χ4v) is 1.87. The van der Waals surface area contributed by atoms with Gasteiger partial charge in [0.15, 0.2) is 0 Å². The Hall–Kier alpha value is -1.89. The maximum absolute atomic E-state index is 12.1. The van der Waals surface area contributed by atoms with E-state index < -0.39 is 22.3 Å². The summed E-state index contributed by atoms with van der Waals surface area (Å²) in [5, 5.41) is 2.31. The molecule has 0 saturated heterocycles. The fraction of sp³-hybridized carbons (Fsp3) is 0.357. The molecule has 0 aliphatic carbocycles. The number of carbonyl (C=O) groups excluding carboxylic acids is 3. The minimum Gasteiger partial charge on any atom is -0.463 e. The molecule has 0 aliphatic heterocycles. The first kappa shape index (κ1) is 17.2. The van der Waals surface area contributed by atoms with Crippen LogP contribution in [0.15, 0.2) is 30.3 Å². The van der Waals surface area contributed by atoms with Crippen LogP contribution in [0.25, 0.3) is 0 Å². The Kier molecular flexibility index (Phi) is 6.36. The molecule has 0 radical (unpaired) electrons. The summed E-state index contributed by atoms with van der Waals surface area (Å²) in [5.41, 5.74) is 0.301. The summed E-state index contributed by atoms with van der Waals surface area (Å²) in [7, 11) is 0. The molecule has 0 atom stereocenters. The molecule has 7 heteroatoms. The zero-order chi connectivity index (χ0) is 15.9. The van der Waals surface area contributed by atoms with Crippen molar-refractivity contribution < 1.29 is 23.9 Å². The van der Waals surface area contributed by atoms with Crippen molar-refractivity contribution in [1.29, 1.82) is 0 Å². The third-order valence-corrected chi connectivity index (χ3v) is 3.28. The molecule has 0 fully saturated rings. The lowest BCUT2D eigenvalue weighted by Gasteiger charge is -2.24. The van der Waals surface area contributed by atoms with Crippen LogP contribution in [-0.2, 0) is 19.1 Å². The van der Waals surface area contributed by atoms with Crippen molar-refractivity contribution >= 4 is 33.8 Å². The molecule has 0 heterocycles. The van der Waals surface area contributed by atoms with Crippen molar-refractivity contribution in [3.63, 3.8) is 0 Å². The smallest absolute Gasteiger partial charge is 0.355 e. The van der Waals surface area contributed by atoms with Crippen LogP contribution in [0.5, 0.6) is 0 Å². The second kappa shape index (κ2) is 7.78. The highest BCUT2D eigenvalue weighted by atomic mass is 79.9. The van der Waals surface area contributed by atoms with E-state index in [1.54, 1.807) is 44.2 Å². The van der Waals surface area contributed by atoms with Gasteiger partial charge in [-0.1, -0.05) is 18.2 Å². The normalized spacial score (nSPS) is 10.6. The van der Waals surface area contributed by atoms with Gasteiger partial charge >= 0.3 is 11.9 Å². The molecule has 0 spiro atoms. The van der Waals surface area contributed by atoms with E-state index in [1.807, 2.05) is 0 Å². The van der Waals surface area contributed by atoms with E-state index in [4.69, 9.17) is 9.47 Å². The quantitative estimate of drug-likeness (QED) is 0.362. The molecule has 0 bridgehead atoms. The second-order valence-corrected chi connectivity index (χ2v) is 5.11. The van der Waals surface area contributed by atoms with Crippen molar-refractivity contribution in [2.24, 2.45) is 0 Å². The Bertz CT molecular complexity index is 499. The minimum atomic E-state index is -2.06. The fourth-order valence-electron chi connectivity index (χ4n) is 1.46. The highest BCUT2D eigenvalue weighted by molar-refractivity contribution is 9.10. The number of alkyl halides is 1. The SMILES string of the molecule is CCOC(=O)C(Br)(NC(=O)c1ccccc1)C(=O)OCC. The predicted octanol–water partition coefficient (Wildman–Crippen LogP) is 1.63. The van der Waals surface area contributed by atoms with Crippen molar-refractivity contribution in [3.05, 3.63) is 35.9 Å². The first-order chi connectivity index (χ1) is 9.95. The molecular weight excluding hydrogens is 342 g/mol. The summed E-state index contributed by atoms with van der Waals surface area (Å²) in [6.07, 6.45) is 0. The van der Waals surface area contributed by atoms with Gasteiger partial charge in [-0.05, 0) is 41.9 Å². The molecule has 114 valence electrons. The van der Waals surface area contributed by atoms with Crippen molar-refractivity contribution in [2.45, 2.75) is 18.3 Å². The number of carbonyl (C=O) groups is 3. The summed E-state index contributed by atoms with van der Waals surface area (Å²) in [5.74, 6) is -2.48. The average Bonchev–Trinajstić information content (AvgIpc) is 2.48. The predicted molar refractivity (Wildman–Crippen MR) is 78.8 cm³/mol. The monoisotopic (exact) mass is 357 g/mol. The number of rotatable bonds is 6. The van der Waals surface area contributed by atoms with Crippen LogP contribution < -0.4 is 5.32 Å². The van der Waals surface area contributed by atoms with Crippen LogP contribution in [0.2, 0.25) is 0 Å². The Morgan fingerprint density at radius 3 is 1.95 bits per heavy atom. The van der Waals surface area contributed by atoms with Gasteiger partial charge in [-0.25, -0.2) is 9.59 Å². The average molecular weight is 358 g/mol. The van der Waals surface area contributed by atoms with Crippen molar-refractivity contribution in [3.8, 4) is 0 Å². The van der Waals surface area contributed by atoms with E-state index in [9.17, 15) is 14.4 Å². The summed E-state index contributed by atoms with van der Waals surface area (Å²) in [6.45, 7) is 3.31. The summed E-state index contributed by atoms with van der Waals surface area (Å²) >= 11 is 2.94. The molecule has 1 aromatic carbocycles. The van der Waals surface area contributed by atoms with E-state index in [0.717, 1.165) is 0 Å². The number of ether oxygens (including phenoxy) is 2. The lowest BCUT2D eigenvalue weighted by atomic mass is 10.2. The number of hydrogen-bond donors (Lipinski definition) is 1. The number of benzene rings is 1. The molecule has 1 rings (SSSR count). The zero-order valence-electron chi connectivity index (χ0n) is 11.7. The van der Waals surface area contributed by atoms with Gasteiger partial charge < -0.3 is 14.8 Å². The standard InChI is InChI=1S/C14H16BrNO5/c1-3-20-12(18)14(15,13(19)21-4-2)16-11(17)10-8-6-5-7-9-10/h5-9H,3-4H2,1-2H3,(H,16,17). The Morgan fingerprint density at radius 2 is 1.52 bits per heavy atom. The second-order valence-electron chi connectivity index (χ2n) is 3.92.